The Hall–Kier alpha value is -2.53. The van der Waals surface area contributed by atoms with Crippen molar-refractivity contribution in [1.29, 1.82) is 0 Å². The molecular weight excluding hydrogens is 332 g/mol. The molecule has 2 rings (SSSR count). The summed E-state index contributed by atoms with van der Waals surface area (Å²) in [5.41, 5.74) is -0.850. The molecule has 0 radical (unpaired) electrons. The molecule has 24 heavy (non-hydrogen) atoms. The quantitative estimate of drug-likeness (QED) is 0.344. The van der Waals surface area contributed by atoms with Gasteiger partial charge in [0.05, 0.1) is 12.2 Å². The lowest BCUT2D eigenvalue weighted by Gasteiger charge is -2.07. The molecule has 2 aromatic carbocycles. The summed E-state index contributed by atoms with van der Waals surface area (Å²) < 4.78 is 10.8. The molecule has 0 aromatic heterocycles. The number of benzene rings is 2. The molecule has 0 heterocycles. The van der Waals surface area contributed by atoms with Crippen LogP contribution in [0.1, 0.15) is 30.1 Å². The second-order valence-electron chi connectivity index (χ2n) is 4.68. The van der Waals surface area contributed by atoms with Gasteiger partial charge in [-0.3, -0.25) is 0 Å². The maximum absolute atomic E-state index is 11.9. The number of halogens is 1. The lowest BCUT2D eigenvalue weighted by molar-refractivity contribution is 0.0734. The van der Waals surface area contributed by atoms with E-state index in [1.807, 2.05) is 18.2 Å². The van der Waals surface area contributed by atoms with Crippen LogP contribution < -0.4 is 9.47 Å². The molecule has 0 unspecified atom stereocenters. The first-order valence-corrected chi connectivity index (χ1v) is 7.79. The molecule has 0 bridgehead atoms. The van der Waals surface area contributed by atoms with E-state index in [0.29, 0.717) is 17.9 Å². The summed E-state index contributed by atoms with van der Waals surface area (Å²) in [4.78, 5) is 20.7. The molecule has 0 saturated carbocycles. The average Bonchev–Trinajstić information content (AvgIpc) is 2.56. The smallest absolute Gasteiger partial charge is 0.401 e. The number of ether oxygens (including phenoxy) is 2. The zero-order valence-corrected chi connectivity index (χ0v) is 14.0. The molecule has 0 aliphatic carbocycles. The summed E-state index contributed by atoms with van der Waals surface area (Å²) in [6.45, 7) is 2.82. The van der Waals surface area contributed by atoms with Crippen molar-refractivity contribution >= 4 is 23.0 Å². The molecule has 5 nitrogen and oxygen atoms in total. The van der Waals surface area contributed by atoms with Crippen molar-refractivity contribution in [3.63, 3.8) is 0 Å². The van der Waals surface area contributed by atoms with E-state index in [-0.39, 0.29) is 5.97 Å². The van der Waals surface area contributed by atoms with Gasteiger partial charge in [0.25, 0.3) is 0 Å². The highest BCUT2D eigenvalue weighted by molar-refractivity contribution is 6.60. The Morgan fingerprint density at radius 1 is 1.00 bits per heavy atom. The first-order chi connectivity index (χ1) is 11.5. The first-order valence-electron chi connectivity index (χ1n) is 7.41. The number of unbranched alkanes of at least 4 members (excludes halogenated alkanes) is 1. The van der Waals surface area contributed by atoms with Crippen molar-refractivity contribution in [3.05, 3.63) is 60.2 Å². The number of hydrogen-bond acceptors (Lipinski definition) is 4. The molecule has 0 saturated heterocycles. The van der Waals surface area contributed by atoms with Crippen LogP contribution in [0.4, 0.5) is 4.79 Å². The van der Waals surface area contributed by atoms with E-state index in [4.69, 9.17) is 19.4 Å². The van der Waals surface area contributed by atoms with Crippen LogP contribution in [0.25, 0.3) is 0 Å². The van der Waals surface area contributed by atoms with Gasteiger partial charge in [0, 0.05) is 11.6 Å². The lowest BCUT2D eigenvalue weighted by Crippen LogP contribution is -2.08. The molecule has 2 aromatic rings. The number of carbonyl (C=O) groups excluding carboxylic acids is 1. The summed E-state index contributed by atoms with van der Waals surface area (Å²) in [6.07, 6.45) is 2.12. The zero-order chi connectivity index (χ0) is 17.8. The fourth-order valence-electron chi connectivity index (χ4n) is 1.68. The molecule has 128 valence electrons. The monoisotopic (exact) mass is 350 g/mol. The van der Waals surface area contributed by atoms with E-state index >= 15 is 0 Å². The highest BCUT2D eigenvalue weighted by atomic mass is 35.5. The summed E-state index contributed by atoms with van der Waals surface area (Å²) >= 11 is 4.19. The van der Waals surface area contributed by atoms with E-state index in [1.165, 1.54) is 0 Å². The van der Waals surface area contributed by atoms with Gasteiger partial charge in [0.15, 0.2) is 0 Å². The van der Waals surface area contributed by atoms with Gasteiger partial charge in [0.1, 0.15) is 11.5 Å². The second-order valence-corrected chi connectivity index (χ2v) is 5.01. The topological polar surface area (TPSA) is 72.8 Å². The van der Waals surface area contributed by atoms with E-state index in [9.17, 15) is 4.79 Å². The zero-order valence-electron chi connectivity index (χ0n) is 13.3. The fourth-order valence-corrected chi connectivity index (χ4v) is 1.68. The van der Waals surface area contributed by atoms with Crippen LogP contribution in [-0.4, -0.2) is 23.1 Å². The Balaban J connectivity index is 0.000000648. The summed E-state index contributed by atoms with van der Waals surface area (Å²) in [7, 11) is 0. The second kappa shape index (κ2) is 11.1. The average molecular weight is 351 g/mol. The maximum Gasteiger partial charge on any atom is 0.401 e. The van der Waals surface area contributed by atoms with Gasteiger partial charge in [-0.25, -0.2) is 9.59 Å². The molecule has 0 spiro atoms. The Morgan fingerprint density at radius 3 is 2.12 bits per heavy atom. The van der Waals surface area contributed by atoms with Crippen molar-refractivity contribution in [1.82, 2.24) is 0 Å². The van der Waals surface area contributed by atoms with E-state index in [1.54, 1.807) is 36.4 Å². The molecule has 1 N–H and O–H groups in total. The van der Waals surface area contributed by atoms with Crippen LogP contribution >= 0.6 is 11.6 Å². The Kier molecular flexibility index (Phi) is 9.01. The summed E-state index contributed by atoms with van der Waals surface area (Å²) in [5, 5.41) is 7.18. The van der Waals surface area contributed by atoms with Crippen LogP contribution in [0.3, 0.4) is 0 Å². The van der Waals surface area contributed by atoms with Crippen molar-refractivity contribution in [2.24, 2.45) is 0 Å². The van der Waals surface area contributed by atoms with Gasteiger partial charge in [-0.15, -0.1) is 0 Å². The highest BCUT2D eigenvalue weighted by Crippen LogP contribution is 2.15. The van der Waals surface area contributed by atoms with Crippen LogP contribution in [0.15, 0.2) is 54.6 Å². The van der Waals surface area contributed by atoms with Gasteiger partial charge < -0.3 is 14.6 Å². The fraction of sp³-hybridized carbons (Fsp3) is 0.222. The largest absolute Gasteiger partial charge is 0.494 e. The Bertz CT molecular complexity index is 622. The number of rotatable bonds is 6. The molecule has 0 fully saturated rings. The molecule has 6 heteroatoms. The number of carbonyl (C=O) groups is 2. The summed E-state index contributed by atoms with van der Waals surface area (Å²) in [5.74, 6) is 0.951. The third kappa shape index (κ3) is 8.19. The van der Waals surface area contributed by atoms with Crippen molar-refractivity contribution in [2.45, 2.75) is 19.8 Å². The van der Waals surface area contributed by atoms with Gasteiger partial charge in [-0.2, -0.15) is 0 Å². The minimum absolute atomic E-state index is 0.365. The van der Waals surface area contributed by atoms with Crippen LogP contribution in [0.5, 0.6) is 11.5 Å². The van der Waals surface area contributed by atoms with Gasteiger partial charge in [-0.1, -0.05) is 31.5 Å². The third-order valence-electron chi connectivity index (χ3n) is 2.81. The normalized spacial score (nSPS) is 9.42. The number of hydrogen-bond donors (Lipinski definition) is 1. The van der Waals surface area contributed by atoms with E-state index in [2.05, 4.69) is 18.5 Å². The van der Waals surface area contributed by atoms with E-state index < -0.39 is 5.43 Å². The lowest BCUT2D eigenvalue weighted by atomic mass is 10.2. The van der Waals surface area contributed by atoms with Crippen LogP contribution in [-0.2, 0) is 0 Å². The minimum Gasteiger partial charge on any atom is -0.494 e. The molecular formula is C18H19ClO5. The van der Waals surface area contributed by atoms with E-state index in [0.717, 1.165) is 18.6 Å². The predicted octanol–water partition coefficient (Wildman–Crippen LogP) is 4.99. The molecule has 0 atom stereocenters. The van der Waals surface area contributed by atoms with Gasteiger partial charge >= 0.3 is 11.4 Å². The highest BCUT2D eigenvalue weighted by Gasteiger charge is 2.08. The van der Waals surface area contributed by atoms with Crippen molar-refractivity contribution < 1.29 is 24.2 Å². The Morgan fingerprint density at radius 2 is 1.58 bits per heavy atom. The van der Waals surface area contributed by atoms with Crippen LogP contribution in [0.2, 0.25) is 0 Å². The van der Waals surface area contributed by atoms with Gasteiger partial charge in [0.2, 0.25) is 0 Å². The van der Waals surface area contributed by atoms with Crippen LogP contribution in [0, 0.1) is 0 Å². The predicted molar refractivity (Wildman–Crippen MR) is 92.1 cm³/mol. The molecule has 0 aliphatic rings. The third-order valence-corrected chi connectivity index (χ3v) is 2.81. The van der Waals surface area contributed by atoms with Crippen molar-refractivity contribution in [2.75, 3.05) is 6.61 Å². The maximum atomic E-state index is 11.9. The number of esters is 1. The standard InChI is InChI=1S/C17H18O3.CHClO2/c1-2-3-13-19-15-11-9-14(10-12-15)17(18)20-16-7-5-4-6-8-16;2-1(3)4/h4-12H,2-3,13H2,1H3;(H,3,4). The first kappa shape index (κ1) is 19.5. The Labute approximate surface area is 145 Å². The van der Waals surface area contributed by atoms with Gasteiger partial charge in [-0.05, 0) is 42.8 Å². The molecule has 0 amide bonds. The number of para-hydroxylation sites is 1. The molecule has 0 aliphatic heterocycles. The SMILES string of the molecule is CCCCOc1ccc(C(=O)Oc2ccccc2)cc1.O=C(O)Cl. The van der Waals surface area contributed by atoms with Crippen molar-refractivity contribution in [3.8, 4) is 11.5 Å². The minimum atomic E-state index is -1.36. The summed E-state index contributed by atoms with van der Waals surface area (Å²) in [6, 6.07) is 16.0. The number of carboxylic acid groups (broad SMARTS) is 1.